The van der Waals surface area contributed by atoms with E-state index in [4.69, 9.17) is 4.98 Å². The number of imidazole rings is 1. The number of likely N-dealkylation sites (tertiary alicyclic amines) is 1. The molecule has 0 radical (unpaired) electrons. The van der Waals surface area contributed by atoms with Crippen LogP contribution in [0.4, 0.5) is 0 Å². The zero-order valence-corrected chi connectivity index (χ0v) is 15.0. The van der Waals surface area contributed by atoms with Crippen LogP contribution in [0.25, 0.3) is 11.0 Å². The van der Waals surface area contributed by atoms with Crippen molar-refractivity contribution in [2.45, 2.75) is 38.5 Å². The molecule has 2 heterocycles. The van der Waals surface area contributed by atoms with Crippen LogP contribution in [-0.4, -0.2) is 34.5 Å². The number of nitrogens with one attached hydrogen (secondary N) is 1. The van der Waals surface area contributed by atoms with Crippen molar-refractivity contribution in [2.75, 3.05) is 19.6 Å². The minimum Gasteiger partial charge on any atom is -0.342 e. The molecule has 1 atom stereocenters. The van der Waals surface area contributed by atoms with Gasteiger partial charge in [0.25, 0.3) is 0 Å². The summed E-state index contributed by atoms with van der Waals surface area (Å²) in [7, 11) is 0. The number of rotatable bonds is 5. The van der Waals surface area contributed by atoms with Crippen LogP contribution in [0.3, 0.4) is 0 Å². The molecule has 3 heteroatoms. The summed E-state index contributed by atoms with van der Waals surface area (Å²) >= 11 is 0. The number of aromatic amines is 1. The summed E-state index contributed by atoms with van der Waals surface area (Å²) in [5.41, 5.74) is 5.02. The Morgan fingerprint density at radius 2 is 2.00 bits per heavy atom. The second-order valence-corrected chi connectivity index (χ2v) is 7.32. The largest absolute Gasteiger partial charge is 0.342 e. The number of nitrogens with zero attached hydrogens (tertiary/aromatic N) is 2. The molecule has 0 spiro atoms. The van der Waals surface area contributed by atoms with Crippen molar-refractivity contribution in [1.29, 1.82) is 0 Å². The monoisotopic (exact) mass is 333 g/mol. The molecule has 0 amide bonds. The zero-order valence-electron chi connectivity index (χ0n) is 15.0. The highest BCUT2D eigenvalue weighted by molar-refractivity contribution is 5.78. The molecule has 3 nitrogen and oxygen atoms in total. The number of piperidine rings is 1. The van der Waals surface area contributed by atoms with E-state index in [0.29, 0.717) is 5.92 Å². The predicted molar refractivity (Wildman–Crippen MR) is 104 cm³/mol. The standard InChI is InChI=1S/C22H27N3/c1-17-8-5-13-20-21(17)24-22(23-20)19-12-7-15-25(16-19)14-6-11-18-9-3-2-4-10-18/h2-5,8-10,13,19H,6-7,11-12,14-16H2,1H3,(H,23,24). The highest BCUT2D eigenvalue weighted by Crippen LogP contribution is 2.27. The van der Waals surface area contributed by atoms with Crippen LogP contribution in [0.15, 0.2) is 48.5 Å². The first-order valence-electron chi connectivity index (χ1n) is 9.51. The van der Waals surface area contributed by atoms with E-state index in [-0.39, 0.29) is 0 Å². The van der Waals surface area contributed by atoms with Crippen molar-refractivity contribution >= 4 is 11.0 Å². The van der Waals surface area contributed by atoms with Gasteiger partial charge in [-0.05, 0) is 62.9 Å². The minimum absolute atomic E-state index is 0.539. The summed E-state index contributed by atoms with van der Waals surface area (Å²) in [6.45, 7) is 5.69. The molecule has 2 aromatic carbocycles. The lowest BCUT2D eigenvalue weighted by atomic mass is 9.97. The summed E-state index contributed by atoms with van der Waals surface area (Å²) in [5.74, 6) is 1.72. The fourth-order valence-electron chi connectivity index (χ4n) is 4.02. The van der Waals surface area contributed by atoms with Crippen molar-refractivity contribution in [1.82, 2.24) is 14.9 Å². The van der Waals surface area contributed by atoms with E-state index in [1.165, 1.54) is 61.2 Å². The topological polar surface area (TPSA) is 31.9 Å². The molecule has 0 bridgehead atoms. The molecule has 1 aliphatic heterocycles. The fourth-order valence-corrected chi connectivity index (χ4v) is 4.02. The first kappa shape index (κ1) is 16.3. The third kappa shape index (κ3) is 3.77. The molecule has 1 N–H and O–H groups in total. The Labute approximate surface area is 150 Å². The SMILES string of the molecule is Cc1cccc2[nH]c(C3CCCN(CCCc4ccccc4)C3)nc12. The van der Waals surface area contributed by atoms with E-state index in [1.807, 2.05) is 0 Å². The second kappa shape index (κ2) is 7.40. The predicted octanol–water partition coefficient (Wildman–Crippen LogP) is 4.68. The number of hydrogen-bond acceptors (Lipinski definition) is 2. The average Bonchev–Trinajstić information content (AvgIpc) is 3.09. The molecule has 1 aromatic heterocycles. The Kier molecular flexibility index (Phi) is 4.84. The van der Waals surface area contributed by atoms with Gasteiger partial charge in [-0.25, -0.2) is 4.98 Å². The van der Waals surface area contributed by atoms with Gasteiger partial charge in [0.1, 0.15) is 5.82 Å². The van der Waals surface area contributed by atoms with Crippen LogP contribution >= 0.6 is 0 Å². The molecule has 1 aliphatic rings. The summed E-state index contributed by atoms with van der Waals surface area (Å²) in [6.07, 6.45) is 4.92. The van der Waals surface area contributed by atoms with Gasteiger partial charge in [0, 0.05) is 12.5 Å². The van der Waals surface area contributed by atoms with Gasteiger partial charge in [-0.3, -0.25) is 0 Å². The van der Waals surface area contributed by atoms with Crippen molar-refractivity contribution < 1.29 is 0 Å². The summed E-state index contributed by atoms with van der Waals surface area (Å²) in [4.78, 5) is 11.1. The second-order valence-electron chi connectivity index (χ2n) is 7.32. The third-order valence-electron chi connectivity index (χ3n) is 5.41. The molecule has 3 aromatic rings. The van der Waals surface area contributed by atoms with E-state index in [1.54, 1.807) is 0 Å². The lowest BCUT2D eigenvalue weighted by molar-refractivity contribution is 0.203. The van der Waals surface area contributed by atoms with Crippen molar-refractivity contribution in [3.8, 4) is 0 Å². The fraction of sp³-hybridized carbons (Fsp3) is 0.409. The Morgan fingerprint density at radius 1 is 1.12 bits per heavy atom. The van der Waals surface area contributed by atoms with E-state index in [2.05, 4.69) is 65.3 Å². The Hall–Kier alpha value is -2.13. The van der Waals surface area contributed by atoms with E-state index in [0.717, 1.165) is 12.1 Å². The number of hydrogen-bond donors (Lipinski definition) is 1. The molecule has 4 rings (SSSR count). The number of aromatic nitrogens is 2. The molecule has 130 valence electrons. The third-order valence-corrected chi connectivity index (χ3v) is 5.41. The summed E-state index contributed by atoms with van der Waals surface area (Å²) in [5, 5.41) is 0. The van der Waals surface area contributed by atoms with Crippen LogP contribution < -0.4 is 0 Å². The number of fused-ring (bicyclic) bond motifs is 1. The van der Waals surface area contributed by atoms with E-state index < -0.39 is 0 Å². The van der Waals surface area contributed by atoms with Crippen molar-refractivity contribution in [2.24, 2.45) is 0 Å². The van der Waals surface area contributed by atoms with Crippen molar-refractivity contribution in [3.63, 3.8) is 0 Å². The van der Waals surface area contributed by atoms with Crippen LogP contribution in [0.5, 0.6) is 0 Å². The lowest BCUT2D eigenvalue weighted by Gasteiger charge is -2.31. The molecule has 1 fully saturated rings. The Balaban J connectivity index is 1.37. The van der Waals surface area contributed by atoms with Gasteiger partial charge >= 0.3 is 0 Å². The highest BCUT2D eigenvalue weighted by atomic mass is 15.1. The van der Waals surface area contributed by atoms with E-state index >= 15 is 0 Å². The molecule has 0 aliphatic carbocycles. The molecule has 0 saturated carbocycles. The lowest BCUT2D eigenvalue weighted by Crippen LogP contribution is -2.35. The Bertz CT molecular complexity index is 822. The van der Waals surface area contributed by atoms with Crippen LogP contribution in [0, 0.1) is 6.92 Å². The average molecular weight is 333 g/mol. The molecule has 1 unspecified atom stereocenters. The van der Waals surface area contributed by atoms with Gasteiger partial charge in [0.05, 0.1) is 11.0 Å². The van der Waals surface area contributed by atoms with Gasteiger partial charge in [-0.15, -0.1) is 0 Å². The van der Waals surface area contributed by atoms with Gasteiger partial charge in [-0.1, -0.05) is 42.5 Å². The normalized spacial score (nSPS) is 18.7. The maximum atomic E-state index is 4.92. The Morgan fingerprint density at radius 3 is 2.84 bits per heavy atom. The molecular formula is C22H27N3. The van der Waals surface area contributed by atoms with Crippen LogP contribution in [-0.2, 0) is 6.42 Å². The minimum atomic E-state index is 0.539. The quantitative estimate of drug-likeness (QED) is 0.735. The smallest absolute Gasteiger partial charge is 0.111 e. The van der Waals surface area contributed by atoms with E-state index in [9.17, 15) is 0 Å². The van der Waals surface area contributed by atoms with Crippen LogP contribution in [0.1, 0.15) is 42.1 Å². The zero-order chi connectivity index (χ0) is 17.1. The maximum absolute atomic E-state index is 4.92. The number of para-hydroxylation sites is 1. The van der Waals surface area contributed by atoms with Gasteiger partial charge in [0.15, 0.2) is 0 Å². The van der Waals surface area contributed by atoms with Gasteiger partial charge < -0.3 is 9.88 Å². The summed E-state index contributed by atoms with van der Waals surface area (Å²) in [6, 6.07) is 17.2. The molecule has 1 saturated heterocycles. The summed E-state index contributed by atoms with van der Waals surface area (Å²) < 4.78 is 0. The maximum Gasteiger partial charge on any atom is 0.111 e. The first-order valence-corrected chi connectivity index (χ1v) is 9.51. The van der Waals surface area contributed by atoms with Gasteiger partial charge in [-0.2, -0.15) is 0 Å². The number of aryl methyl sites for hydroxylation is 2. The first-order chi connectivity index (χ1) is 12.3. The molecular weight excluding hydrogens is 306 g/mol. The highest BCUT2D eigenvalue weighted by Gasteiger charge is 2.23. The number of H-pyrrole nitrogens is 1. The number of benzene rings is 2. The van der Waals surface area contributed by atoms with Crippen molar-refractivity contribution in [3.05, 3.63) is 65.5 Å². The molecule has 25 heavy (non-hydrogen) atoms. The van der Waals surface area contributed by atoms with Crippen LogP contribution in [0.2, 0.25) is 0 Å². The van der Waals surface area contributed by atoms with Gasteiger partial charge in [0.2, 0.25) is 0 Å².